The summed E-state index contributed by atoms with van der Waals surface area (Å²) in [5.74, 6) is 2.76. The standard InChI is InChI=1S/C5H10S4/c1-6-4-8-9-5-2-7-3-5/h5H,2-4H2,1H3. The number of hydrogen-bond acceptors (Lipinski definition) is 4. The van der Waals surface area contributed by atoms with Crippen LogP contribution in [0.3, 0.4) is 0 Å². The summed E-state index contributed by atoms with van der Waals surface area (Å²) < 4.78 is 0. The van der Waals surface area contributed by atoms with E-state index in [0.717, 1.165) is 5.25 Å². The summed E-state index contributed by atoms with van der Waals surface area (Å²) in [4.78, 5) is 0. The molecule has 0 aromatic heterocycles. The molecule has 4 heteroatoms. The first-order valence-electron chi connectivity index (χ1n) is 2.78. The molecule has 0 nitrogen and oxygen atoms in total. The van der Waals surface area contributed by atoms with Gasteiger partial charge in [-0.2, -0.15) is 23.5 Å². The molecule has 0 saturated carbocycles. The van der Waals surface area contributed by atoms with Crippen LogP contribution in [0, 0.1) is 0 Å². The van der Waals surface area contributed by atoms with Crippen molar-refractivity contribution < 1.29 is 0 Å². The highest BCUT2D eigenvalue weighted by Gasteiger charge is 2.18. The van der Waals surface area contributed by atoms with Crippen molar-refractivity contribution in [1.82, 2.24) is 0 Å². The lowest BCUT2D eigenvalue weighted by atomic mass is 10.5. The zero-order valence-electron chi connectivity index (χ0n) is 5.33. The van der Waals surface area contributed by atoms with Crippen LogP contribution >= 0.6 is 45.1 Å². The molecule has 9 heavy (non-hydrogen) atoms. The highest BCUT2D eigenvalue weighted by Crippen LogP contribution is 2.37. The van der Waals surface area contributed by atoms with Crippen molar-refractivity contribution in [2.24, 2.45) is 0 Å². The molecule has 1 heterocycles. The molecule has 54 valence electrons. The first-order valence-corrected chi connectivity index (χ1v) is 7.71. The average Bonchev–Trinajstić information content (AvgIpc) is 1.76. The predicted molar refractivity (Wildman–Crippen MR) is 54.7 cm³/mol. The van der Waals surface area contributed by atoms with Gasteiger partial charge >= 0.3 is 0 Å². The molecule has 1 aliphatic heterocycles. The van der Waals surface area contributed by atoms with E-state index < -0.39 is 0 Å². The summed E-state index contributed by atoms with van der Waals surface area (Å²) >= 11 is 3.98. The average molecular weight is 198 g/mol. The molecule has 1 saturated heterocycles. The smallest absolute Gasteiger partial charge is 0.0493 e. The first-order chi connectivity index (χ1) is 4.43. The molecular weight excluding hydrogens is 188 g/mol. The third-order valence-electron chi connectivity index (χ3n) is 0.978. The van der Waals surface area contributed by atoms with E-state index in [1.54, 1.807) is 0 Å². The fourth-order valence-corrected chi connectivity index (χ4v) is 5.63. The minimum absolute atomic E-state index is 0.965. The molecular formula is C5H10S4. The summed E-state index contributed by atoms with van der Waals surface area (Å²) in [6.45, 7) is 0. The molecule has 0 N–H and O–H groups in total. The summed E-state index contributed by atoms with van der Waals surface area (Å²) in [5, 5.41) is 2.21. The Morgan fingerprint density at radius 2 is 2.33 bits per heavy atom. The van der Waals surface area contributed by atoms with E-state index in [0.29, 0.717) is 0 Å². The van der Waals surface area contributed by atoms with Crippen molar-refractivity contribution in [3.05, 3.63) is 0 Å². The van der Waals surface area contributed by atoms with Gasteiger partial charge in [0.05, 0.1) is 0 Å². The van der Waals surface area contributed by atoms with Gasteiger partial charge in [-0.1, -0.05) is 21.6 Å². The van der Waals surface area contributed by atoms with Crippen molar-refractivity contribution in [2.75, 3.05) is 22.8 Å². The third-order valence-corrected chi connectivity index (χ3v) is 6.84. The van der Waals surface area contributed by atoms with Crippen LogP contribution in [0.4, 0.5) is 0 Å². The van der Waals surface area contributed by atoms with E-state index >= 15 is 0 Å². The van der Waals surface area contributed by atoms with E-state index in [2.05, 4.69) is 28.8 Å². The van der Waals surface area contributed by atoms with Gasteiger partial charge in [-0.15, -0.1) is 0 Å². The van der Waals surface area contributed by atoms with Crippen LogP contribution in [0.15, 0.2) is 0 Å². The molecule has 0 bridgehead atoms. The Bertz CT molecular complexity index is 71.4. The lowest BCUT2D eigenvalue weighted by Crippen LogP contribution is -2.19. The van der Waals surface area contributed by atoms with Crippen LogP contribution in [0.25, 0.3) is 0 Å². The topological polar surface area (TPSA) is 0 Å². The predicted octanol–water partition coefficient (Wildman–Crippen LogP) is 2.80. The number of hydrogen-bond donors (Lipinski definition) is 0. The van der Waals surface area contributed by atoms with Crippen LogP contribution in [0.5, 0.6) is 0 Å². The van der Waals surface area contributed by atoms with Gasteiger partial charge in [-0.05, 0) is 6.26 Å². The zero-order valence-corrected chi connectivity index (χ0v) is 8.60. The van der Waals surface area contributed by atoms with Crippen molar-refractivity contribution in [2.45, 2.75) is 5.25 Å². The summed E-state index contributed by atoms with van der Waals surface area (Å²) in [6.07, 6.45) is 2.16. The highest BCUT2D eigenvalue weighted by molar-refractivity contribution is 8.78. The lowest BCUT2D eigenvalue weighted by molar-refractivity contribution is 1.09. The van der Waals surface area contributed by atoms with Crippen LogP contribution < -0.4 is 0 Å². The van der Waals surface area contributed by atoms with E-state index in [4.69, 9.17) is 0 Å². The molecule has 0 aliphatic carbocycles. The Morgan fingerprint density at radius 1 is 1.56 bits per heavy atom. The molecule has 1 fully saturated rings. The van der Waals surface area contributed by atoms with Gasteiger partial charge in [0.2, 0.25) is 0 Å². The Labute approximate surface area is 73.1 Å². The van der Waals surface area contributed by atoms with Gasteiger partial charge < -0.3 is 0 Å². The molecule has 1 aliphatic rings. The molecule has 0 unspecified atom stereocenters. The fraction of sp³-hybridized carbons (Fsp3) is 1.00. The minimum Gasteiger partial charge on any atom is -0.160 e. The second kappa shape index (κ2) is 5.10. The quantitative estimate of drug-likeness (QED) is 0.387. The van der Waals surface area contributed by atoms with E-state index in [1.165, 1.54) is 16.6 Å². The number of thioether (sulfide) groups is 2. The van der Waals surface area contributed by atoms with Crippen molar-refractivity contribution in [3.63, 3.8) is 0 Å². The number of rotatable bonds is 4. The molecule has 0 spiro atoms. The van der Waals surface area contributed by atoms with Crippen molar-refractivity contribution in [3.8, 4) is 0 Å². The molecule has 0 aromatic rings. The maximum absolute atomic E-state index is 2.16. The van der Waals surface area contributed by atoms with Crippen LogP contribution in [0.2, 0.25) is 0 Å². The van der Waals surface area contributed by atoms with Gasteiger partial charge in [0, 0.05) is 21.8 Å². The Morgan fingerprint density at radius 3 is 2.78 bits per heavy atom. The summed E-state index contributed by atoms with van der Waals surface area (Å²) in [5.41, 5.74) is 0. The SMILES string of the molecule is CSCSSC1CSC1. The highest BCUT2D eigenvalue weighted by atomic mass is 33.1. The Kier molecular flexibility index (Phi) is 4.82. The molecule has 0 aromatic carbocycles. The van der Waals surface area contributed by atoms with Gasteiger partial charge in [-0.25, -0.2) is 0 Å². The summed E-state index contributed by atoms with van der Waals surface area (Å²) in [6, 6.07) is 0. The van der Waals surface area contributed by atoms with E-state index in [9.17, 15) is 0 Å². The van der Waals surface area contributed by atoms with Crippen LogP contribution in [0.1, 0.15) is 0 Å². The molecule has 1 rings (SSSR count). The maximum Gasteiger partial charge on any atom is 0.0493 e. The molecule has 0 radical (unpaired) electrons. The summed E-state index contributed by atoms with van der Waals surface area (Å²) in [7, 11) is 4.07. The van der Waals surface area contributed by atoms with Gasteiger partial charge in [-0.3, -0.25) is 0 Å². The minimum atomic E-state index is 0.965. The maximum atomic E-state index is 2.16. The second-order valence-corrected chi connectivity index (χ2v) is 6.75. The zero-order chi connectivity index (χ0) is 6.53. The Hall–Kier alpha value is 1.40. The van der Waals surface area contributed by atoms with Crippen molar-refractivity contribution in [1.29, 1.82) is 0 Å². The van der Waals surface area contributed by atoms with Gasteiger partial charge in [0.15, 0.2) is 0 Å². The second-order valence-electron chi connectivity index (χ2n) is 1.78. The van der Waals surface area contributed by atoms with Gasteiger partial charge in [0.1, 0.15) is 0 Å². The largest absolute Gasteiger partial charge is 0.160 e. The van der Waals surface area contributed by atoms with Crippen LogP contribution in [-0.4, -0.2) is 28.1 Å². The Balaban J connectivity index is 1.80. The normalized spacial score (nSPS) is 19.7. The van der Waals surface area contributed by atoms with Crippen molar-refractivity contribution >= 4 is 45.1 Å². The third kappa shape index (κ3) is 3.35. The molecule has 0 atom stereocenters. The van der Waals surface area contributed by atoms with E-state index in [1.807, 2.05) is 22.6 Å². The fourth-order valence-electron chi connectivity index (χ4n) is 0.442. The van der Waals surface area contributed by atoms with E-state index in [-0.39, 0.29) is 0 Å². The monoisotopic (exact) mass is 198 g/mol. The van der Waals surface area contributed by atoms with Crippen LogP contribution in [-0.2, 0) is 0 Å². The van der Waals surface area contributed by atoms with Gasteiger partial charge in [0.25, 0.3) is 0 Å². The lowest BCUT2D eigenvalue weighted by Gasteiger charge is -2.22. The molecule has 0 amide bonds. The first kappa shape index (κ1) is 8.50.